The molecule has 20 heavy (non-hydrogen) atoms. The van der Waals surface area contributed by atoms with Gasteiger partial charge in [-0.3, -0.25) is 9.69 Å². The summed E-state index contributed by atoms with van der Waals surface area (Å²) in [6, 6.07) is 4.89. The SMILES string of the molecule is COCCN(CCO)CC(=O)Nc1cc(Cl)ccc1N. The number of carbonyl (C=O) groups excluding carboxylic acids is 1. The fourth-order valence-electron chi connectivity index (χ4n) is 1.66. The van der Waals surface area contributed by atoms with Crippen molar-refractivity contribution in [2.24, 2.45) is 0 Å². The van der Waals surface area contributed by atoms with Crippen LogP contribution < -0.4 is 11.1 Å². The number of ether oxygens (including phenoxy) is 1. The molecular formula is C13H20ClN3O3. The van der Waals surface area contributed by atoms with E-state index in [0.717, 1.165) is 0 Å². The molecule has 0 aliphatic heterocycles. The first-order chi connectivity index (χ1) is 9.56. The lowest BCUT2D eigenvalue weighted by atomic mass is 10.2. The van der Waals surface area contributed by atoms with Crippen LogP contribution in [0.5, 0.6) is 0 Å². The van der Waals surface area contributed by atoms with Crippen molar-refractivity contribution in [1.82, 2.24) is 4.90 Å². The number of nitrogens with zero attached hydrogens (tertiary/aromatic N) is 1. The summed E-state index contributed by atoms with van der Waals surface area (Å²) in [6.07, 6.45) is 0. The molecule has 0 heterocycles. The minimum Gasteiger partial charge on any atom is -0.397 e. The number of benzene rings is 1. The Bertz CT molecular complexity index is 443. The Kier molecular flexibility index (Phi) is 7.32. The maximum Gasteiger partial charge on any atom is 0.238 e. The Morgan fingerprint density at radius 1 is 1.50 bits per heavy atom. The predicted molar refractivity (Wildman–Crippen MR) is 79.9 cm³/mol. The summed E-state index contributed by atoms with van der Waals surface area (Å²) < 4.78 is 4.96. The number of rotatable bonds is 8. The van der Waals surface area contributed by atoms with Gasteiger partial charge in [0.2, 0.25) is 5.91 Å². The van der Waals surface area contributed by atoms with Crippen LogP contribution in [0.3, 0.4) is 0 Å². The van der Waals surface area contributed by atoms with Crippen LogP contribution in [0, 0.1) is 0 Å². The first-order valence-corrected chi connectivity index (χ1v) is 6.61. The highest BCUT2D eigenvalue weighted by Crippen LogP contribution is 2.22. The van der Waals surface area contributed by atoms with Crippen molar-refractivity contribution in [3.05, 3.63) is 23.2 Å². The second-order valence-electron chi connectivity index (χ2n) is 4.27. The fourth-order valence-corrected chi connectivity index (χ4v) is 1.83. The van der Waals surface area contributed by atoms with Crippen LogP contribution in [0.15, 0.2) is 18.2 Å². The number of carbonyl (C=O) groups is 1. The van der Waals surface area contributed by atoms with Crippen molar-refractivity contribution in [3.8, 4) is 0 Å². The predicted octanol–water partition coefficient (Wildman–Crippen LogP) is 0.801. The molecule has 1 amide bonds. The zero-order valence-corrected chi connectivity index (χ0v) is 12.2. The molecule has 112 valence electrons. The van der Waals surface area contributed by atoms with Crippen LogP contribution >= 0.6 is 11.6 Å². The molecule has 6 nitrogen and oxygen atoms in total. The molecule has 0 aliphatic rings. The van der Waals surface area contributed by atoms with Gasteiger partial charge in [0.05, 0.1) is 31.1 Å². The van der Waals surface area contributed by atoms with Gasteiger partial charge >= 0.3 is 0 Å². The number of nitrogen functional groups attached to an aromatic ring is 1. The lowest BCUT2D eigenvalue weighted by Gasteiger charge is -2.20. The fraction of sp³-hybridized carbons (Fsp3) is 0.462. The number of methoxy groups -OCH3 is 1. The number of anilines is 2. The molecule has 1 rings (SSSR count). The highest BCUT2D eigenvalue weighted by molar-refractivity contribution is 6.31. The van der Waals surface area contributed by atoms with E-state index in [-0.39, 0.29) is 19.1 Å². The van der Waals surface area contributed by atoms with E-state index in [9.17, 15) is 4.79 Å². The standard InChI is InChI=1S/C13H20ClN3O3/c1-20-7-5-17(4-6-18)9-13(19)16-12-8-10(14)2-3-11(12)15/h2-3,8,18H,4-7,9,15H2,1H3,(H,16,19). The van der Waals surface area contributed by atoms with Crippen molar-refractivity contribution in [2.45, 2.75) is 0 Å². The molecule has 0 atom stereocenters. The van der Waals surface area contributed by atoms with Crippen LogP contribution in [0.2, 0.25) is 5.02 Å². The van der Waals surface area contributed by atoms with Gasteiger partial charge in [0.1, 0.15) is 0 Å². The van der Waals surface area contributed by atoms with Crippen molar-refractivity contribution < 1.29 is 14.6 Å². The molecule has 7 heteroatoms. The van der Waals surface area contributed by atoms with E-state index in [4.69, 9.17) is 27.2 Å². The van der Waals surface area contributed by atoms with Crippen molar-refractivity contribution >= 4 is 28.9 Å². The van der Waals surface area contributed by atoms with Crippen LogP contribution in [0.4, 0.5) is 11.4 Å². The topological polar surface area (TPSA) is 87.8 Å². The Labute approximate surface area is 123 Å². The smallest absolute Gasteiger partial charge is 0.238 e. The number of aliphatic hydroxyl groups is 1. The van der Waals surface area contributed by atoms with Crippen molar-refractivity contribution in [1.29, 1.82) is 0 Å². The molecule has 0 saturated heterocycles. The van der Waals surface area contributed by atoms with Crippen molar-refractivity contribution in [2.75, 3.05) is 51.0 Å². The zero-order chi connectivity index (χ0) is 15.0. The van der Waals surface area contributed by atoms with Crippen LogP contribution in [-0.4, -0.2) is 55.9 Å². The van der Waals surface area contributed by atoms with Crippen LogP contribution in [-0.2, 0) is 9.53 Å². The summed E-state index contributed by atoms with van der Waals surface area (Å²) in [5.41, 5.74) is 6.70. The third kappa shape index (κ3) is 5.75. The van der Waals surface area contributed by atoms with Gasteiger partial charge in [-0.1, -0.05) is 11.6 Å². The maximum atomic E-state index is 12.0. The summed E-state index contributed by atoms with van der Waals surface area (Å²) in [5.74, 6) is -0.219. The van der Waals surface area contributed by atoms with E-state index in [1.807, 2.05) is 0 Å². The molecule has 0 radical (unpaired) electrons. The average molecular weight is 302 g/mol. The lowest BCUT2D eigenvalue weighted by molar-refractivity contribution is -0.117. The molecule has 0 saturated carbocycles. The van der Waals surface area contributed by atoms with Crippen LogP contribution in [0.25, 0.3) is 0 Å². The van der Waals surface area contributed by atoms with E-state index < -0.39 is 0 Å². The summed E-state index contributed by atoms with van der Waals surface area (Å²) in [4.78, 5) is 13.7. The number of aliphatic hydroxyl groups excluding tert-OH is 1. The summed E-state index contributed by atoms with van der Waals surface area (Å²) in [7, 11) is 1.59. The first-order valence-electron chi connectivity index (χ1n) is 6.24. The van der Waals surface area contributed by atoms with Gasteiger partial charge in [-0.2, -0.15) is 0 Å². The normalized spacial score (nSPS) is 10.8. The number of hydrogen-bond acceptors (Lipinski definition) is 5. The number of halogens is 1. The molecule has 0 spiro atoms. The van der Waals surface area contributed by atoms with Gasteiger partial charge in [0.15, 0.2) is 0 Å². The molecule has 0 aliphatic carbocycles. The summed E-state index contributed by atoms with van der Waals surface area (Å²) >= 11 is 5.86. The first kappa shape index (κ1) is 16.7. The second-order valence-corrected chi connectivity index (χ2v) is 4.71. The third-order valence-electron chi connectivity index (χ3n) is 2.68. The Balaban J connectivity index is 2.58. The largest absolute Gasteiger partial charge is 0.397 e. The molecule has 0 fully saturated rings. The Hall–Kier alpha value is -1.34. The van der Waals surface area contributed by atoms with Crippen LogP contribution in [0.1, 0.15) is 0 Å². The van der Waals surface area contributed by atoms with Gasteiger partial charge in [-0.25, -0.2) is 0 Å². The molecule has 0 aromatic heterocycles. The molecular weight excluding hydrogens is 282 g/mol. The van der Waals surface area contributed by atoms with Crippen molar-refractivity contribution in [3.63, 3.8) is 0 Å². The number of hydrogen-bond donors (Lipinski definition) is 3. The number of nitrogens with two attached hydrogens (primary N) is 1. The van der Waals surface area contributed by atoms with E-state index in [0.29, 0.717) is 36.1 Å². The molecule has 0 unspecified atom stereocenters. The zero-order valence-electron chi connectivity index (χ0n) is 11.4. The molecule has 1 aromatic rings. The average Bonchev–Trinajstić information content (AvgIpc) is 2.40. The van der Waals surface area contributed by atoms with Gasteiger partial charge in [-0.05, 0) is 18.2 Å². The molecule has 4 N–H and O–H groups in total. The number of nitrogens with one attached hydrogen (secondary N) is 1. The summed E-state index contributed by atoms with van der Waals surface area (Å²) in [5, 5.41) is 12.2. The summed E-state index contributed by atoms with van der Waals surface area (Å²) in [6.45, 7) is 1.59. The van der Waals surface area contributed by atoms with E-state index in [1.54, 1.807) is 30.2 Å². The highest BCUT2D eigenvalue weighted by atomic mass is 35.5. The van der Waals surface area contributed by atoms with Gasteiger partial charge in [0, 0.05) is 25.2 Å². The van der Waals surface area contributed by atoms with E-state index >= 15 is 0 Å². The monoisotopic (exact) mass is 301 g/mol. The quantitative estimate of drug-likeness (QED) is 0.618. The highest BCUT2D eigenvalue weighted by Gasteiger charge is 2.11. The van der Waals surface area contributed by atoms with Gasteiger partial charge < -0.3 is 20.9 Å². The van der Waals surface area contributed by atoms with E-state index in [2.05, 4.69) is 5.32 Å². The molecule has 0 bridgehead atoms. The molecule has 1 aromatic carbocycles. The Morgan fingerprint density at radius 2 is 2.25 bits per heavy atom. The lowest BCUT2D eigenvalue weighted by Crippen LogP contribution is -2.37. The minimum absolute atomic E-state index is 0.0176. The minimum atomic E-state index is -0.219. The second kappa shape index (κ2) is 8.76. The van der Waals surface area contributed by atoms with Gasteiger partial charge in [0.25, 0.3) is 0 Å². The number of amides is 1. The maximum absolute atomic E-state index is 12.0. The third-order valence-corrected chi connectivity index (χ3v) is 2.92. The Morgan fingerprint density at radius 3 is 2.90 bits per heavy atom. The van der Waals surface area contributed by atoms with Gasteiger partial charge in [-0.15, -0.1) is 0 Å². The van der Waals surface area contributed by atoms with E-state index in [1.165, 1.54) is 0 Å².